The van der Waals surface area contributed by atoms with Crippen molar-refractivity contribution in [1.82, 2.24) is 24.8 Å². The van der Waals surface area contributed by atoms with Crippen molar-refractivity contribution < 1.29 is 9.53 Å². The average molecular weight is 370 g/mol. The fourth-order valence-electron chi connectivity index (χ4n) is 3.00. The summed E-state index contributed by atoms with van der Waals surface area (Å²) in [6, 6.07) is 3.69. The summed E-state index contributed by atoms with van der Waals surface area (Å²) in [4.78, 5) is 30.8. The highest BCUT2D eigenvalue weighted by molar-refractivity contribution is 5.68. The Morgan fingerprint density at radius 1 is 1.19 bits per heavy atom. The lowest BCUT2D eigenvalue weighted by atomic mass is 9.92. The summed E-state index contributed by atoms with van der Waals surface area (Å²) in [5, 5.41) is 3.08. The molecule has 8 heteroatoms. The maximum absolute atomic E-state index is 12.2. The van der Waals surface area contributed by atoms with Gasteiger partial charge >= 0.3 is 6.09 Å². The summed E-state index contributed by atoms with van der Waals surface area (Å²) in [6.07, 6.45) is 7.41. The minimum absolute atomic E-state index is 0.225. The molecular formula is C19H26N6O2. The average Bonchev–Trinajstić information content (AvgIpc) is 2.62. The van der Waals surface area contributed by atoms with E-state index in [1.54, 1.807) is 29.7 Å². The van der Waals surface area contributed by atoms with E-state index in [4.69, 9.17) is 4.74 Å². The Bertz CT molecular complexity index is 754. The second kappa shape index (κ2) is 8.28. The summed E-state index contributed by atoms with van der Waals surface area (Å²) in [5.74, 6) is 1.67. The SMILES string of the molecule is CC(C)(C)OC(=O)N1CCC(Cc2cc(Nc3ncccn3)ncn2)CC1. The lowest BCUT2D eigenvalue weighted by Gasteiger charge is -2.33. The minimum atomic E-state index is -0.458. The number of nitrogens with zero attached hydrogens (tertiary/aromatic N) is 5. The molecule has 0 atom stereocenters. The molecule has 0 radical (unpaired) electrons. The van der Waals surface area contributed by atoms with E-state index >= 15 is 0 Å². The van der Waals surface area contributed by atoms with Crippen LogP contribution in [0.2, 0.25) is 0 Å². The van der Waals surface area contributed by atoms with Crippen molar-refractivity contribution in [1.29, 1.82) is 0 Å². The van der Waals surface area contributed by atoms with E-state index in [0.717, 1.165) is 25.0 Å². The number of rotatable bonds is 4. The molecule has 0 bridgehead atoms. The highest BCUT2D eigenvalue weighted by Gasteiger charge is 2.27. The lowest BCUT2D eigenvalue weighted by molar-refractivity contribution is 0.0184. The van der Waals surface area contributed by atoms with E-state index in [-0.39, 0.29) is 6.09 Å². The van der Waals surface area contributed by atoms with Gasteiger partial charge in [0.15, 0.2) is 0 Å². The quantitative estimate of drug-likeness (QED) is 0.883. The summed E-state index contributed by atoms with van der Waals surface area (Å²) < 4.78 is 5.45. The number of anilines is 2. The molecule has 0 aromatic carbocycles. The number of amides is 1. The molecule has 0 saturated carbocycles. The first-order chi connectivity index (χ1) is 12.9. The van der Waals surface area contributed by atoms with Crippen molar-refractivity contribution in [2.24, 2.45) is 5.92 Å². The normalized spacial score (nSPS) is 15.4. The van der Waals surface area contributed by atoms with Crippen molar-refractivity contribution in [3.8, 4) is 0 Å². The van der Waals surface area contributed by atoms with Gasteiger partial charge in [-0.05, 0) is 52.0 Å². The zero-order valence-electron chi connectivity index (χ0n) is 16.1. The number of hydrogen-bond acceptors (Lipinski definition) is 7. The van der Waals surface area contributed by atoms with Crippen molar-refractivity contribution in [3.05, 3.63) is 36.5 Å². The van der Waals surface area contributed by atoms with E-state index in [9.17, 15) is 4.79 Å². The molecule has 3 heterocycles. The number of ether oxygens (including phenoxy) is 1. The van der Waals surface area contributed by atoms with E-state index in [1.165, 1.54) is 0 Å². The number of carbonyl (C=O) groups is 1. The maximum Gasteiger partial charge on any atom is 0.410 e. The molecule has 1 aliphatic rings. The minimum Gasteiger partial charge on any atom is -0.444 e. The summed E-state index contributed by atoms with van der Waals surface area (Å²) in [6.45, 7) is 7.10. The van der Waals surface area contributed by atoms with Crippen LogP contribution >= 0.6 is 0 Å². The van der Waals surface area contributed by atoms with Crippen LogP contribution < -0.4 is 5.32 Å². The van der Waals surface area contributed by atoms with Crippen molar-refractivity contribution in [2.75, 3.05) is 18.4 Å². The standard InChI is InChI=1S/C19H26N6O2/c1-19(2,3)27-18(26)25-9-5-14(6-10-25)11-15-12-16(23-13-22-15)24-17-20-7-4-8-21-17/h4,7-8,12-14H,5-6,9-11H2,1-3H3,(H,20,21,22,23,24). The van der Waals surface area contributed by atoms with Gasteiger partial charge in [-0.3, -0.25) is 0 Å². The summed E-state index contributed by atoms with van der Waals surface area (Å²) >= 11 is 0. The van der Waals surface area contributed by atoms with Crippen LogP contribution in [-0.4, -0.2) is 49.6 Å². The summed E-state index contributed by atoms with van der Waals surface area (Å²) in [7, 11) is 0. The zero-order valence-corrected chi connectivity index (χ0v) is 16.1. The van der Waals surface area contributed by atoms with Crippen molar-refractivity contribution in [2.45, 2.75) is 45.6 Å². The van der Waals surface area contributed by atoms with Crippen LogP contribution in [0.3, 0.4) is 0 Å². The van der Waals surface area contributed by atoms with Crippen LogP contribution in [0.5, 0.6) is 0 Å². The fraction of sp³-hybridized carbons (Fsp3) is 0.526. The molecule has 1 aliphatic heterocycles. The second-order valence-electron chi connectivity index (χ2n) is 7.71. The highest BCUT2D eigenvalue weighted by atomic mass is 16.6. The van der Waals surface area contributed by atoms with Crippen molar-refractivity contribution in [3.63, 3.8) is 0 Å². The van der Waals surface area contributed by atoms with Crippen LogP contribution in [-0.2, 0) is 11.2 Å². The van der Waals surface area contributed by atoms with Gasteiger partial charge in [0, 0.05) is 37.2 Å². The van der Waals surface area contributed by atoms with E-state index in [0.29, 0.717) is 30.8 Å². The molecule has 27 heavy (non-hydrogen) atoms. The van der Waals surface area contributed by atoms with Crippen LogP contribution in [0, 0.1) is 5.92 Å². The van der Waals surface area contributed by atoms with Gasteiger partial charge in [0.1, 0.15) is 17.7 Å². The fourth-order valence-corrected chi connectivity index (χ4v) is 3.00. The summed E-state index contributed by atoms with van der Waals surface area (Å²) in [5.41, 5.74) is 0.514. The third-order valence-corrected chi connectivity index (χ3v) is 4.29. The van der Waals surface area contributed by atoms with Gasteiger partial charge in [0.05, 0.1) is 0 Å². The van der Waals surface area contributed by atoms with Gasteiger partial charge < -0.3 is 15.0 Å². The number of piperidine rings is 1. The molecule has 1 amide bonds. The Morgan fingerprint density at radius 2 is 1.89 bits per heavy atom. The molecule has 0 aliphatic carbocycles. The largest absolute Gasteiger partial charge is 0.444 e. The molecule has 3 rings (SSSR count). The molecule has 0 unspecified atom stereocenters. The van der Waals surface area contributed by atoms with Crippen molar-refractivity contribution >= 4 is 17.9 Å². The van der Waals surface area contributed by atoms with Gasteiger partial charge in [-0.25, -0.2) is 24.7 Å². The topological polar surface area (TPSA) is 93.1 Å². The molecule has 1 fully saturated rings. The van der Waals surface area contributed by atoms with Gasteiger partial charge in [0.2, 0.25) is 5.95 Å². The Kier molecular flexibility index (Phi) is 5.83. The molecule has 144 valence electrons. The smallest absolute Gasteiger partial charge is 0.410 e. The Morgan fingerprint density at radius 3 is 2.56 bits per heavy atom. The van der Waals surface area contributed by atoms with Gasteiger partial charge in [0.25, 0.3) is 0 Å². The van der Waals surface area contributed by atoms with E-state index in [2.05, 4.69) is 25.3 Å². The lowest BCUT2D eigenvalue weighted by Crippen LogP contribution is -2.42. The van der Waals surface area contributed by atoms with Crippen LogP contribution in [0.25, 0.3) is 0 Å². The van der Waals surface area contributed by atoms with Gasteiger partial charge in [-0.15, -0.1) is 0 Å². The molecule has 2 aromatic heterocycles. The Labute approximate surface area is 159 Å². The molecule has 1 saturated heterocycles. The predicted octanol–water partition coefficient (Wildman–Crippen LogP) is 3.20. The van der Waals surface area contributed by atoms with Gasteiger partial charge in [-0.2, -0.15) is 0 Å². The number of carbonyl (C=O) groups excluding carboxylic acids is 1. The molecule has 8 nitrogen and oxygen atoms in total. The van der Waals surface area contributed by atoms with E-state index in [1.807, 2.05) is 26.8 Å². The molecule has 1 N–H and O–H groups in total. The zero-order chi connectivity index (χ0) is 19.3. The third-order valence-electron chi connectivity index (χ3n) is 4.29. The van der Waals surface area contributed by atoms with Gasteiger partial charge in [-0.1, -0.05) is 0 Å². The van der Waals surface area contributed by atoms with Crippen LogP contribution in [0.1, 0.15) is 39.3 Å². The number of nitrogens with one attached hydrogen (secondary N) is 1. The highest BCUT2D eigenvalue weighted by Crippen LogP contribution is 2.23. The third kappa shape index (κ3) is 5.87. The van der Waals surface area contributed by atoms with Crippen LogP contribution in [0.15, 0.2) is 30.9 Å². The molecule has 0 spiro atoms. The Balaban J connectivity index is 1.52. The Hall–Kier alpha value is -2.77. The number of aromatic nitrogens is 4. The predicted molar refractivity (Wildman–Crippen MR) is 102 cm³/mol. The first kappa shape index (κ1) is 19.0. The first-order valence-corrected chi connectivity index (χ1v) is 9.22. The van der Waals surface area contributed by atoms with E-state index < -0.39 is 5.60 Å². The molecule has 2 aromatic rings. The monoisotopic (exact) mass is 370 g/mol. The van der Waals surface area contributed by atoms with Crippen LogP contribution in [0.4, 0.5) is 16.6 Å². The number of hydrogen-bond donors (Lipinski definition) is 1. The first-order valence-electron chi connectivity index (χ1n) is 9.22. The second-order valence-corrected chi connectivity index (χ2v) is 7.71. The maximum atomic E-state index is 12.2. The molecular weight excluding hydrogens is 344 g/mol. The number of likely N-dealkylation sites (tertiary alicyclic amines) is 1.